The van der Waals surface area contributed by atoms with Gasteiger partial charge in [0, 0.05) is 14.9 Å². The molecule has 1 heterocycles. The van der Waals surface area contributed by atoms with Gasteiger partial charge in [-0.1, -0.05) is 28.1 Å². The van der Waals surface area contributed by atoms with Gasteiger partial charge < -0.3 is 9.64 Å². The van der Waals surface area contributed by atoms with Crippen LogP contribution in [0.1, 0.15) is 24.5 Å². The number of nitrogens with zero attached hydrogens (tertiary/aromatic N) is 1. The molecule has 0 aliphatic carbocycles. The molecule has 1 amide bonds. The van der Waals surface area contributed by atoms with Gasteiger partial charge in [0.1, 0.15) is 5.82 Å². The average Bonchev–Trinajstić information content (AvgIpc) is 2.61. The molecule has 1 unspecified atom stereocenters. The summed E-state index contributed by atoms with van der Waals surface area (Å²) in [4.78, 5) is 27.5. The number of benzene rings is 2. The fraction of sp³-hybridized carbons (Fsp3) is 0.300. The van der Waals surface area contributed by atoms with E-state index in [2.05, 4.69) is 15.9 Å². The molecule has 0 saturated heterocycles. The number of carbonyl (C=O) groups is 2. The Hall–Kier alpha value is -1.86. The quantitative estimate of drug-likeness (QED) is 0.609. The maximum atomic E-state index is 14.3. The average molecular weight is 452 g/mol. The highest BCUT2D eigenvalue weighted by molar-refractivity contribution is 9.10. The van der Waals surface area contributed by atoms with Crippen LogP contribution in [-0.4, -0.2) is 23.7 Å². The highest BCUT2D eigenvalue weighted by Gasteiger charge is 2.35. The molecule has 142 valence electrons. The molecule has 0 spiro atoms. The standard InChI is InChI=1S/C20H19BrFNO3S/c1-3-26-19(24)10-18-20(25)23(11-13-5-6-14(21)9-15(13)22)16-8-12(2)4-7-17(16)27-18/h4-9,18H,3,10-11H2,1-2H3. The maximum absolute atomic E-state index is 14.3. The maximum Gasteiger partial charge on any atom is 0.307 e. The van der Waals surface area contributed by atoms with Gasteiger partial charge in [-0.15, -0.1) is 11.8 Å². The number of halogens is 2. The minimum Gasteiger partial charge on any atom is -0.466 e. The summed E-state index contributed by atoms with van der Waals surface area (Å²) in [6, 6.07) is 10.6. The number of rotatable bonds is 5. The van der Waals surface area contributed by atoms with E-state index in [0.29, 0.717) is 10.0 Å². The van der Waals surface area contributed by atoms with Crippen LogP contribution in [0.2, 0.25) is 0 Å². The number of fused-ring (bicyclic) bond motifs is 1. The van der Waals surface area contributed by atoms with Gasteiger partial charge in [0.05, 0.1) is 30.5 Å². The fourth-order valence-electron chi connectivity index (χ4n) is 2.92. The molecule has 0 bridgehead atoms. The highest BCUT2D eigenvalue weighted by Crippen LogP contribution is 2.41. The lowest BCUT2D eigenvalue weighted by atomic mass is 10.1. The first-order chi connectivity index (χ1) is 12.9. The van der Waals surface area contributed by atoms with Crippen molar-refractivity contribution in [2.45, 2.75) is 37.0 Å². The largest absolute Gasteiger partial charge is 0.466 e. The molecule has 4 nitrogen and oxygen atoms in total. The van der Waals surface area contributed by atoms with Crippen LogP contribution in [-0.2, 0) is 20.9 Å². The lowest BCUT2D eigenvalue weighted by molar-refractivity contribution is -0.144. The topological polar surface area (TPSA) is 46.6 Å². The van der Waals surface area contributed by atoms with Crippen LogP contribution in [0.15, 0.2) is 45.8 Å². The molecule has 0 N–H and O–H groups in total. The van der Waals surface area contributed by atoms with Gasteiger partial charge in [-0.3, -0.25) is 9.59 Å². The van der Waals surface area contributed by atoms with Gasteiger partial charge in [-0.2, -0.15) is 0 Å². The van der Waals surface area contributed by atoms with Crippen LogP contribution in [0.4, 0.5) is 10.1 Å². The Balaban J connectivity index is 1.95. The molecule has 0 radical (unpaired) electrons. The summed E-state index contributed by atoms with van der Waals surface area (Å²) in [5.74, 6) is -1.01. The van der Waals surface area contributed by atoms with E-state index in [1.54, 1.807) is 24.0 Å². The number of aryl methyl sites for hydroxylation is 1. The predicted molar refractivity (Wildman–Crippen MR) is 107 cm³/mol. The number of hydrogen-bond donors (Lipinski definition) is 0. The summed E-state index contributed by atoms with van der Waals surface area (Å²) >= 11 is 4.60. The van der Waals surface area contributed by atoms with Crippen LogP contribution in [0.3, 0.4) is 0 Å². The van der Waals surface area contributed by atoms with Gasteiger partial charge >= 0.3 is 5.97 Å². The van der Waals surface area contributed by atoms with Crippen molar-refractivity contribution in [1.82, 2.24) is 0 Å². The number of thioether (sulfide) groups is 1. The van der Waals surface area contributed by atoms with Crippen LogP contribution in [0.25, 0.3) is 0 Å². The number of hydrogen-bond acceptors (Lipinski definition) is 4. The second-order valence-electron chi connectivity index (χ2n) is 6.25. The van der Waals surface area contributed by atoms with E-state index in [1.165, 1.54) is 17.8 Å². The third-order valence-electron chi connectivity index (χ3n) is 4.22. The molecular weight excluding hydrogens is 433 g/mol. The Morgan fingerprint density at radius 1 is 1.30 bits per heavy atom. The molecule has 27 heavy (non-hydrogen) atoms. The zero-order valence-corrected chi connectivity index (χ0v) is 17.4. The molecule has 0 saturated carbocycles. The van der Waals surface area contributed by atoms with Crippen molar-refractivity contribution in [2.24, 2.45) is 0 Å². The third kappa shape index (κ3) is 4.52. The normalized spacial score (nSPS) is 16.2. The minimum atomic E-state index is -0.585. The summed E-state index contributed by atoms with van der Waals surface area (Å²) in [5, 5.41) is -0.585. The molecule has 3 rings (SSSR count). The Bertz CT molecular complexity index is 890. The Morgan fingerprint density at radius 2 is 2.07 bits per heavy atom. The number of amides is 1. The third-order valence-corrected chi connectivity index (χ3v) is 5.96. The van der Waals surface area contributed by atoms with Crippen molar-refractivity contribution in [3.8, 4) is 0 Å². The van der Waals surface area contributed by atoms with E-state index in [-0.39, 0.29) is 31.3 Å². The number of esters is 1. The molecule has 1 aliphatic heterocycles. The molecule has 1 aliphatic rings. The second-order valence-corrected chi connectivity index (χ2v) is 8.41. The zero-order chi connectivity index (χ0) is 19.6. The summed E-state index contributed by atoms with van der Waals surface area (Å²) in [7, 11) is 0. The number of anilines is 1. The molecule has 1 atom stereocenters. The smallest absolute Gasteiger partial charge is 0.307 e. The monoisotopic (exact) mass is 451 g/mol. The first-order valence-electron chi connectivity index (χ1n) is 8.57. The highest BCUT2D eigenvalue weighted by atomic mass is 79.9. The summed E-state index contributed by atoms with van der Waals surface area (Å²) in [6.45, 7) is 4.05. The van der Waals surface area contributed by atoms with E-state index in [9.17, 15) is 14.0 Å². The van der Waals surface area contributed by atoms with Crippen LogP contribution < -0.4 is 4.90 Å². The summed E-state index contributed by atoms with van der Waals surface area (Å²) in [5.41, 5.74) is 2.17. The fourth-order valence-corrected chi connectivity index (χ4v) is 4.44. The SMILES string of the molecule is CCOC(=O)CC1Sc2ccc(C)cc2N(Cc2ccc(Br)cc2F)C1=O. The first kappa shape index (κ1) is 19.9. The van der Waals surface area contributed by atoms with Crippen molar-refractivity contribution in [1.29, 1.82) is 0 Å². The second kappa shape index (κ2) is 8.44. The van der Waals surface area contributed by atoms with E-state index in [1.807, 2.05) is 25.1 Å². The van der Waals surface area contributed by atoms with Crippen molar-refractivity contribution in [2.75, 3.05) is 11.5 Å². The minimum absolute atomic E-state index is 0.00994. The van der Waals surface area contributed by atoms with Gasteiger partial charge in [-0.05, 0) is 43.7 Å². The Morgan fingerprint density at radius 3 is 2.78 bits per heavy atom. The van der Waals surface area contributed by atoms with Crippen molar-refractivity contribution < 1.29 is 18.7 Å². The van der Waals surface area contributed by atoms with Crippen molar-refractivity contribution in [3.05, 3.63) is 57.8 Å². The van der Waals surface area contributed by atoms with E-state index in [4.69, 9.17) is 4.74 Å². The number of carbonyl (C=O) groups excluding carboxylic acids is 2. The van der Waals surface area contributed by atoms with Crippen LogP contribution in [0, 0.1) is 12.7 Å². The van der Waals surface area contributed by atoms with Gasteiger partial charge in [0.25, 0.3) is 0 Å². The van der Waals surface area contributed by atoms with Crippen molar-refractivity contribution in [3.63, 3.8) is 0 Å². The molecule has 2 aromatic rings. The zero-order valence-electron chi connectivity index (χ0n) is 15.0. The molecule has 7 heteroatoms. The molecular formula is C20H19BrFNO3S. The van der Waals surface area contributed by atoms with E-state index in [0.717, 1.165) is 16.1 Å². The van der Waals surface area contributed by atoms with Gasteiger partial charge in [0.2, 0.25) is 5.91 Å². The van der Waals surface area contributed by atoms with E-state index < -0.39 is 11.2 Å². The molecule has 0 fully saturated rings. The Labute approximate surface area is 170 Å². The van der Waals surface area contributed by atoms with E-state index >= 15 is 0 Å². The molecule has 0 aromatic heterocycles. The van der Waals surface area contributed by atoms with Crippen LogP contribution >= 0.6 is 27.7 Å². The summed E-state index contributed by atoms with van der Waals surface area (Å²) < 4.78 is 20.0. The van der Waals surface area contributed by atoms with Gasteiger partial charge in [-0.25, -0.2) is 4.39 Å². The van der Waals surface area contributed by atoms with Crippen LogP contribution in [0.5, 0.6) is 0 Å². The Kier molecular flexibility index (Phi) is 6.22. The summed E-state index contributed by atoms with van der Waals surface area (Å²) in [6.07, 6.45) is -0.00994. The number of ether oxygens (including phenoxy) is 1. The lowest BCUT2D eigenvalue weighted by Gasteiger charge is -2.34. The molecule has 2 aromatic carbocycles. The lowest BCUT2D eigenvalue weighted by Crippen LogP contribution is -2.41. The first-order valence-corrected chi connectivity index (χ1v) is 10.2. The van der Waals surface area contributed by atoms with Gasteiger partial charge in [0.15, 0.2) is 0 Å². The van der Waals surface area contributed by atoms with Crippen molar-refractivity contribution >= 4 is 45.3 Å². The predicted octanol–water partition coefficient (Wildman–Crippen LogP) is 4.86.